The number of benzene rings is 1. The summed E-state index contributed by atoms with van der Waals surface area (Å²) < 4.78 is 22.0. The van der Waals surface area contributed by atoms with Crippen molar-refractivity contribution in [1.29, 1.82) is 0 Å². The van der Waals surface area contributed by atoms with Crippen LogP contribution in [0.4, 0.5) is 4.79 Å². The molecule has 0 saturated carbocycles. The van der Waals surface area contributed by atoms with Crippen molar-refractivity contribution in [2.75, 3.05) is 31.6 Å². The average molecular weight is 310 g/mol. The van der Waals surface area contributed by atoms with Crippen LogP contribution >= 0.6 is 0 Å². The van der Waals surface area contributed by atoms with Crippen molar-refractivity contribution in [1.82, 2.24) is 10.2 Å². The van der Waals surface area contributed by atoms with Crippen LogP contribution < -0.4 is 5.32 Å². The minimum atomic E-state index is -3.03. The van der Waals surface area contributed by atoms with Gasteiger partial charge in [0.1, 0.15) is 9.84 Å². The fourth-order valence-electron chi connectivity index (χ4n) is 2.59. The molecule has 1 fully saturated rings. The van der Waals surface area contributed by atoms with Crippen molar-refractivity contribution in [3.05, 3.63) is 35.9 Å². The Bertz CT molecular complexity index is 572. The van der Waals surface area contributed by atoms with Crippen molar-refractivity contribution in [2.24, 2.45) is 5.92 Å². The second-order valence-corrected chi connectivity index (χ2v) is 7.91. The van der Waals surface area contributed by atoms with Gasteiger partial charge in [0.2, 0.25) is 0 Å². The van der Waals surface area contributed by atoms with E-state index in [4.69, 9.17) is 0 Å². The molecule has 0 radical (unpaired) electrons. The van der Waals surface area contributed by atoms with Gasteiger partial charge in [-0.05, 0) is 24.3 Å². The van der Waals surface area contributed by atoms with Crippen molar-refractivity contribution >= 4 is 15.9 Å². The van der Waals surface area contributed by atoms with Gasteiger partial charge in [-0.1, -0.05) is 30.3 Å². The fourth-order valence-corrected chi connectivity index (χ4v) is 3.06. The molecule has 2 amide bonds. The monoisotopic (exact) mass is 310 g/mol. The average Bonchev–Trinajstić information content (AvgIpc) is 2.87. The van der Waals surface area contributed by atoms with Gasteiger partial charge in [0, 0.05) is 25.9 Å². The maximum atomic E-state index is 11.9. The van der Waals surface area contributed by atoms with Crippen LogP contribution in [0.1, 0.15) is 12.0 Å². The highest BCUT2D eigenvalue weighted by molar-refractivity contribution is 7.90. The number of amides is 2. The highest BCUT2D eigenvalue weighted by Gasteiger charge is 2.26. The van der Waals surface area contributed by atoms with Crippen LogP contribution in [0.3, 0.4) is 0 Å². The molecule has 21 heavy (non-hydrogen) atoms. The molecular formula is C15H22N2O3S. The maximum Gasteiger partial charge on any atom is 0.317 e. The van der Waals surface area contributed by atoms with Gasteiger partial charge < -0.3 is 10.2 Å². The molecule has 1 N–H and O–H groups in total. The molecule has 1 atom stereocenters. The Morgan fingerprint density at radius 3 is 2.71 bits per heavy atom. The van der Waals surface area contributed by atoms with Gasteiger partial charge in [0.25, 0.3) is 0 Å². The third-order valence-electron chi connectivity index (χ3n) is 3.69. The summed E-state index contributed by atoms with van der Waals surface area (Å²) in [6, 6.07) is 10.1. The molecule has 1 saturated heterocycles. The first-order chi connectivity index (χ1) is 9.94. The standard InChI is InChI=1S/C15H22N2O3S/c1-21(19,20)10-8-16-15(18)17-9-7-14(12-17)11-13-5-3-2-4-6-13/h2-6,14H,7-12H2,1H3,(H,16,18)/t14-/m1/s1. The van der Waals surface area contributed by atoms with Crippen LogP contribution in [0.5, 0.6) is 0 Å². The Kier molecular flexibility index (Phi) is 5.22. The topological polar surface area (TPSA) is 66.5 Å². The molecule has 6 heteroatoms. The van der Waals surface area contributed by atoms with E-state index in [0.717, 1.165) is 25.9 Å². The van der Waals surface area contributed by atoms with E-state index in [1.807, 2.05) is 18.2 Å². The Morgan fingerprint density at radius 1 is 1.33 bits per heavy atom. The number of sulfone groups is 1. The molecule has 0 bridgehead atoms. The molecule has 5 nitrogen and oxygen atoms in total. The zero-order chi connectivity index (χ0) is 15.3. The van der Waals surface area contributed by atoms with Crippen LogP contribution in [0.15, 0.2) is 30.3 Å². The summed E-state index contributed by atoms with van der Waals surface area (Å²) in [6.07, 6.45) is 3.15. The van der Waals surface area contributed by atoms with Crippen molar-refractivity contribution in [3.8, 4) is 0 Å². The molecular weight excluding hydrogens is 288 g/mol. The summed E-state index contributed by atoms with van der Waals surface area (Å²) in [5, 5.41) is 2.67. The smallest absolute Gasteiger partial charge is 0.317 e. The number of carbonyl (C=O) groups is 1. The Balaban J connectivity index is 1.75. The van der Waals surface area contributed by atoms with E-state index in [1.54, 1.807) is 4.90 Å². The highest BCUT2D eigenvalue weighted by Crippen LogP contribution is 2.20. The number of urea groups is 1. The van der Waals surface area contributed by atoms with E-state index in [-0.39, 0.29) is 18.3 Å². The Hall–Kier alpha value is -1.56. The third-order valence-corrected chi connectivity index (χ3v) is 4.64. The van der Waals surface area contributed by atoms with E-state index < -0.39 is 9.84 Å². The van der Waals surface area contributed by atoms with Gasteiger partial charge in [-0.25, -0.2) is 13.2 Å². The molecule has 0 aliphatic carbocycles. The largest absolute Gasteiger partial charge is 0.337 e. The van der Waals surface area contributed by atoms with Crippen LogP contribution in [0.25, 0.3) is 0 Å². The molecule has 1 aliphatic rings. The van der Waals surface area contributed by atoms with Crippen LogP contribution in [-0.2, 0) is 16.3 Å². The zero-order valence-electron chi connectivity index (χ0n) is 12.3. The molecule has 1 heterocycles. The first kappa shape index (κ1) is 15.8. The molecule has 1 aromatic carbocycles. The van der Waals surface area contributed by atoms with Gasteiger partial charge >= 0.3 is 6.03 Å². The SMILES string of the molecule is CS(=O)(=O)CCNC(=O)N1CC[C@H](Cc2ccccc2)C1. The molecule has 0 spiro atoms. The van der Waals surface area contributed by atoms with Gasteiger partial charge in [0.05, 0.1) is 5.75 Å². The maximum absolute atomic E-state index is 11.9. The number of hydrogen-bond donors (Lipinski definition) is 1. The van der Waals surface area contributed by atoms with E-state index in [9.17, 15) is 13.2 Å². The lowest BCUT2D eigenvalue weighted by Gasteiger charge is -2.17. The van der Waals surface area contributed by atoms with E-state index in [1.165, 1.54) is 11.8 Å². The Labute approximate surface area is 126 Å². The van der Waals surface area contributed by atoms with Gasteiger partial charge in [-0.2, -0.15) is 0 Å². The molecule has 0 unspecified atom stereocenters. The second-order valence-electron chi connectivity index (χ2n) is 5.65. The van der Waals surface area contributed by atoms with Crippen LogP contribution in [0.2, 0.25) is 0 Å². The summed E-state index contributed by atoms with van der Waals surface area (Å²) in [5.41, 5.74) is 1.29. The van der Waals surface area contributed by atoms with E-state index in [0.29, 0.717) is 5.92 Å². The number of rotatable bonds is 5. The minimum absolute atomic E-state index is 0.0139. The first-order valence-corrected chi connectivity index (χ1v) is 9.24. The molecule has 1 aliphatic heterocycles. The predicted molar refractivity (Wildman–Crippen MR) is 82.9 cm³/mol. The number of nitrogens with zero attached hydrogens (tertiary/aromatic N) is 1. The van der Waals surface area contributed by atoms with Crippen molar-refractivity contribution in [2.45, 2.75) is 12.8 Å². The van der Waals surface area contributed by atoms with Crippen LogP contribution in [-0.4, -0.2) is 51.0 Å². The lowest BCUT2D eigenvalue weighted by Crippen LogP contribution is -2.40. The summed E-state index contributed by atoms with van der Waals surface area (Å²) in [5.74, 6) is 0.466. The minimum Gasteiger partial charge on any atom is -0.337 e. The van der Waals surface area contributed by atoms with Crippen LogP contribution in [0, 0.1) is 5.92 Å². The summed E-state index contributed by atoms with van der Waals surface area (Å²) >= 11 is 0. The molecule has 1 aromatic rings. The normalized spacial score (nSPS) is 18.7. The third kappa shape index (κ3) is 5.38. The summed E-state index contributed by atoms with van der Waals surface area (Å²) in [4.78, 5) is 13.7. The van der Waals surface area contributed by atoms with Gasteiger partial charge in [-0.3, -0.25) is 0 Å². The second kappa shape index (κ2) is 6.93. The first-order valence-electron chi connectivity index (χ1n) is 7.18. The number of carbonyl (C=O) groups excluding carboxylic acids is 1. The van der Waals surface area contributed by atoms with E-state index in [2.05, 4.69) is 17.4 Å². The number of likely N-dealkylation sites (tertiary alicyclic amines) is 1. The summed E-state index contributed by atoms with van der Waals surface area (Å²) in [7, 11) is -3.03. The predicted octanol–water partition coefficient (Wildman–Crippen LogP) is 1.31. The number of hydrogen-bond acceptors (Lipinski definition) is 3. The van der Waals surface area contributed by atoms with E-state index >= 15 is 0 Å². The van der Waals surface area contributed by atoms with Gasteiger partial charge in [-0.15, -0.1) is 0 Å². The Morgan fingerprint density at radius 2 is 2.05 bits per heavy atom. The molecule has 0 aromatic heterocycles. The fraction of sp³-hybridized carbons (Fsp3) is 0.533. The molecule has 116 valence electrons. The summed E-state index contributed by atoms with van der Waals surface area (Å²) in [6.45, 7) is 1.65. The lowest BCUT2D eigenvalue weighted by molar-refractivity contribution is 0.207. The van der Waals surface area contributed by atoms with Crippen molar-refractivity contribution < 1.29 is 13.2 Å². The number of nitrogens with one attached hydrogen (secondary N) is 1. The zero-order valence-corrected chi connectivity index (χ0v) is 13.1. The highest BCUT2D eigenvalue weighted by atomic mass is 32.2. The molecule has 2 rings (SSSR count). The lowest BCUT2D eigenvalue weighted by atomic mass is 9.99. The quantitative estimate of drug-likeness (QED) is 0.891. The van der Waals surface area contributed by atoms with Gasteiger partial charge in [0.15, 0.2) is 0 Å². The van der Waals surface area contributed by atoms with Crippen molar-refractivity contribution in [3.63, 3.8) is 0 Å².